The molecule has 0 atom stereocenters. The smallest absolute Gasteiger partial charge is 0.157 e. The maximum absolute atomic E-state index is 5.44. The van der Waals surface area contributed by atoms with E-state index in [2.05, 4.69) is 30.9 Å². The molecular formula is C14H14BrN3S. The van der Waals surface area contributed by atoms with Crippen LogP contribution in [-0.2, 0) is 12.8 Å². The minimum atomic E-state index is 0.732. The first-order valence-electron chi connectivity index (χ1n) is 6.48. The van der Waals surface area contributed by atoms with Gasteiger partial charge in [-0.05, 0) is 53.7 Å². The van der Waals surface area contributed by atoms with Crippen LogP contribution >= 0.6 is 28.1 Å². The van der Waals surface area contributed by atoms with Crippen molar-refractivity contribution in [3.8, 4) is 11.5 Å². The number of pyridine rings is 1. The van der Waals surface area contributed by atoms with Gasteiger partial charge in [0.15, 0.2) is 5.82 Å². The Kier molecular flexibility index (Phi) is 3.75. The summed E-state index contributed by atoms with van der Waals surface area (Å²) in [5, 5.41) is 0. The Labute approximate surface area is 125 Å². The predicted molar refractivity (Wildman–Crippen MR) is 81.6 cm³/mol. The van der Waals surface area contributed by atoms with Crippen LogP contribution in [0.25, 0.3) is 11.5 Å². The van der Waals surface area contributed by atoms with Crippen molar-refractivity contribution in [3.05, 3.63) is 38.7 Å². The lowest BCUT2D eigenvalue weighted by atomic mass is 10.1. The van der Waals surface area contributed by atoms with Crippen LogP contribution in [0.5, 0.6) is 0 Å². The largest absolute Gasteiger partial charge is 0.342 e. The summed E-state index contributed by atoms with van der Waals surface area (Å²) < 4.78 is 1.69. The molecule has 3 rings (SSSR count). The van der Waals surface area contributed by atoms with E-state index in [-0.39, 0.29) is 0 Å². The summed E-state index contributed by atoms with van der Waals surface area (Å²) in [5.74, 6) is 0.776. The van der Waals surface area contributed by atoms with Crippen molar-refractivity contribution in [2.24, 2.45) is 0 Å². The Morgan fingerprint density at radius 2 is 2.00 bits per heavy atom. The average Bonchev–Trinajstić information content (AvgIpc) is 2.65. The monoisotopic (exact) mass is 335 g/mol. The standard InChI is InChI=1S/C14H14BrN3S/c15-9-6-7-12(16-8-9)13-17-11-5-3-1-2-4-10(11)14(19)18-13/h6-8H,1-5H2,(H,17,18,19). The van der Waals surface area contributed by atoms with Crippen LogP contribution in [0.2, 0.25) is 0 Å². The molecule has 0 bridgehead atoms. The maximum Gasteiger partial charge on any atom is 0.157 e. The molecule has 0 aliphatic heterocycles. The molecule has 5 heteroatoms. The second-order valence-corrected chi connectivity index (χ2v) is 6.07. The van der Waals surface area contributed by atoms with Gasteiger partial charge in [-0.15, -0.1) is 0 Å². The molecule has 0 saturated heterocycles. The van der Waals surface area contributed by atoms with Gasteiger partial charge in [-0.3, -0.25) is 4.98 Å². The number of halogens is 1. The van der Waals surface area contributed by atoms with Crippen molar-refractivity contribution in [2.45, 2.75) is 32.1 Å². The van der Waals surface area contributed by atoms with E-state index in [0.717, 1.165) is 33.5 Å². The van der Waals surface area contributed by atoms with Gasteiger partial charge in [-0.25, -0.2) is 4.98 Å². The summed E-state index contributed by atoms with van der Waals surface area (Å²) in [6.45, 7) is 0. The number of hydrogen-bond donors (Lipinski definition) is 1. The Morgan fingerprint density at radius 3 is 2.79 bits per heavy atom. The van der Waals surface area contributed by atoms with E-state index in [1.807, 2.05) is 12.1 Å². The molecule has 0 saturated carbocycles. The zero-order valence-corrected chi connectivity index (χ0v) is 12.9. The van der Waals surface area contributed by atoms with Gasteiger partial charge in [-0.1, -0.05) is 18.6 Å². The van der Waals surface area contributed by atoms with Gasteiger partial charge in [-0.2, -0.15) is 0 Å². The van der Waals surface area contributed by atoms with Crippen molar-refractivity contribution in [2.75, 3.05) is 0 Å². The second kappa shape index (κ2) is 5.51. The number of fused-ring (bicyclic) bond motifs is 1. The molecule has 1 aliphatic rings. The van der Waals surface area contributed by atoms with Crippen molar-refractivity contribution in [1.82, 2.24) is 15.0 Å². The third-order valence-electron chi connectivity index (χ3n) is 3.43. The van der Waals surface area contributed by atoms with Crippen LogP contribution in [-0.4, -0.2) is 15.0 Å². The van der Waals surface area contributed by atoms with Crippen LogP contribution in [0.1, 0.15) is 30.5 Å². The first-order valence-corrected chi connectivity index (χ1v) is 7.68. The van der Waals surface area contributed by atoms with Gasteiger partial charge in [0.05, 0.1) is 0 Å². The number of aromatic amines is 1. The van der Waals surface area contributed by atoms with Crippen LogP contribution in [0.3, 0.4) is 0 Å². The fourth-order valence-electron chi connectivity index (χ4n) is 2.43. The van der Waals surface area contributed by atoms with Crippen molar-refractivity contribution in [1.29, 1.82) is 0 Å². The SMILES string of the molecule is S=c1nc(-c2ccc(Br)cn2)[nH]c2c1CCCCC2. The molecule has 0 unspecified atom stereocenters. The lowest BCUT2D eigenvalue weighted by Crippen LogP contribution is -2.02. The molecule has 1 aliphatic carbocycles. The molecule has 0 aromatic carbocycles. The fraction of sp³-hybridized carbons (Fsp3) is 0.357. The van der Waals surface area contributed by atoms with E-state index in [4.69, 9.17) is 12.2 Å². The first-order chi connectivity index (χ1) is 9.24. The fourth-order valence-corrected chi connectivity index (χ4v) is 2.98. The van der Waals surface area contributed by atoms with Crippen LogP contribution in [0.15, 0.2) is 22.8 Å². The molecule has 0 radical (unpaired) electrons. The summed E-state index contributed by atoms with van der Waals surface area (Å²) in [5.41, 5.74) is 3.31. The molecule has 19 heavy (non-hydrogen) atoms. The molecule has 98 valence electrons. The molecule has 0 fully saturated rings. The summed E-state index contributed by atoms with van der Waals surface area (Å²) in [4.78, 5) is 12.3. The van der Waals surface area contributed by atoms with Gasteiger partial charge < -0.3 is 4.98 Å². The van der Waals surface area contributed by atoms with Gasteiger partial charge in [0.1, 0.15) is 10.3 Å². The highest BCUT2D eigenvalue weighted by molar-refractivity contribution is 9.10. The third kappa shape index (κ3) is 2.77. The minimum Gasteiger partial charge on any atom is -0.342 e. The highest BCUT2D eigenvalue weighted by Crippen LogP contribution is 2.22. The van der Waals surface area contributed by atoms with E-state index in [1.165, 1.54) is 30.5 Å². The molecule has 0 spiro atoms. The lowest BCUT2D eigenvalue weighted by molar-refractivity contribution is 0.708. The predicted octanol–water partition coefficient (Wildman–Crippen LogP) is 4.23. The quantitative estimate of drug-likeness (QED) is 0.626. The Balaban J connectivity index is 2.08. The van der Waals surface area contributed by atoms with Crippen LogP contribution in [0, 0.1) is 4.64 Å². The zero-order chi connectivity index (χ0) is 13.2. The number of rotatable bonds is 1. The molecule has 2 aromatic rings. The number of H-pyrrole nitrogens is 1. The summed E-state index contributed by atoms with van der Waals surface area (Å²) in [7, 11) is 0. The van der Waals surface area contributed by atoms with Gasteiger partial charge >= 0.3 is 0 Å². The number of aromatic nitrogens is 3. The summed E-state index contributed by atoms with van der Waals surface area (Å²) in [6, 6.07) is 3.91. The second-order valence-electron chi connectivity index (χ2n) is 4.77. The normalized spacial score (nSPS) is 14.8. The highest BCUT2D eigenvalue weighted by atomic mass is 79.9. The molecule has 1 N–H and O–H groups in total. The minimum absolute atomic E-state index is 0.732. The lowest BCUT2D eigenvalue weighted by Gasteiger charge is -2.09. The molecule has 3 nitrogen and oxygen atoms in total. The molecule has 2 aromatic heterocycles. The Morgan fingerprint density at radius 1 is 1.16 bits per heavy atom. The van der Waals surface area contributed by atoms with Crippen LogP contribution in [0.4, 0.5) is 0 Å². The van der Waals surface area contributed by atoms with Gasteiger partial charge in [0, 0.05) is 21.9 Å². The third-order valence-corrected chi connectivity index (χ3v) is 4.24. The van der Waals surface area contributed by atoms with Gasteiger partial charge in [0.2, 0.25) is 0 Å². The highest BCUT2D eigenvalue weighted by Gasteiger charge is 2.13. The summed E-state index contributed by atoms with van der Waals surface area (Å²) in [6.07, 6.45) is 7.58. The van der Waals surface area contributed by atoms with Gasteiger partial charge in [0.25, 0.3) is 0 Å². The molecule has 2 heterocycles. The average molecular weight is 336 g/mol. The Bertz CT molecular complexity index is 649. The van der Waals surface area contributed by atoms with Crippen molar-refractivity contribution >= 4 is 28.1 Å². The van der Waals surface area contributed by atoms with E-state index in [0.29, 0.717) is 0 Å². The van der Waals surface area contributed by atoms with Crippen molar-refractivity contribution in [3.63, 3.8) is 0 Å². The number of nitrogens with one attached hydrogen (secondary N) is 1. The maximum atomic E-state index is 5.44. The Hall–Kier alpha value is -1.07. The van der Waals surface area contributed by atoms with E-state index in [1.54, 1.807) is 6.20 Å². The van der Waals surface area contributed by atoms with E-state index in [9.17, 15) is 0 Å². The van der Waals surface area contributed by atoms with Crippen molar-refractivity contribution < 1.29 is 0 Å². The van der Waals surface area contributed by atoms with E-state index < -0.39 is 0 Å². The number of aryl methyl sites for hydroxylation is 1. The molecule has 0 amide bonds. The first kappa shape index (κ1) is 12.9. The zero-order valence-electron chi connectivity index (χ0n) is 10.4. The number of hydrogen-bond acceptors (Lipinski definition) is 3. The summed E-state index contributed by atoms with van der Waals surface area (Å²) >= 11 is 8.83. The molecular weight excluding hydrogens is 322 g/mol. The topological polar surface area (TPSA) is 41.6 Å². The van der Waals surface area contributed by atoms with E-state index >= 15 is 0 Å². The van der Waals surface area contributed by atoms with Crippen LogP contribution < -0.4 is 0 Å². The number of nitrogens with zero attached hydrogens (tertiary/aromatic N) is 2.